The second kappa shape index (κ2) is 6.84. The average molecular weight is 310 g/mol. The maximum absolute atomic E-state index is 11.0. The number of hydrogen-bond donors (Lipinski definition) is 1. The number of aliphatic carboxylic acids is 1. The van der Waals surface area contributed by atoms with Crippen molar-refractivity contribution in [3.05, 3.63) is 52.9 Å². The topological polar surface area (TPSA) is 75.2 Å². The molecule has 1 N–H and O–H groups in total. The number of carboxylic acid groups (broad SMARTS) is 1. The second-order valence-electron chi connectivity index (χ2n) is 5.06. The molecule has 118 valence electrons. The first-order valence-electron chi connectivity index (χ1n) is 7.25. The van der Waals surface area contributed by atoms with Crippen molar-refractivity contribution < 1.29 is 14.6 Å². The minimum absolute atomic E-state index is 0.281. The number of carbonyl (C=O) groups is 1. The molecule has 0 saturated heterocycles. The molecule has 0 amide bonds. The molecule has 0 fully saturated rings. The number of nitriles is 1. The molecular weight excluding hydrogens is 292 g/mol. The Morgan fingerprint density at radius 3 is 2.52 bits per heavy atom. The number of hydrogen-bond acceptors (Lipinski definition) is 3. The molecule has 2 rings (SSSR count). The number of nitrogens with zero attached hydrogens (tertiary/aromatic N) is 2. The molecule has 0 spiro atoms. The molecule has 1 aromatic carbocycles. The maximum atomic E-state index is 11.0. The molecule has 5 heteroatoms. The van der Waals surface area contributed by atoms with Crippen LogP contribution in [0, 0.1) is 25.2 Å². The molecule has 0 radical (unpaired) electrons. The zero-order valence-corrected chi connectivity index (χ0v) is 13.3. The highest BCUT2D eigenvalue weighted by Gasteiger charge is 2.12. The third-order valence-corrected chi connectivity index (χ3v) is 3.53. The lowest BCUT2D eigenvalue weighted by atomic mass is 10.1. The fraction of sp³-hybridized carbons (Fsp3) is 0.222. The van der Waals surface area contributed by atoms with E-state index in [9.17, 15) is 4.79 Å². The van der Waals surface area contributed by atoms with Gasteiger partial charge in [-0.1, -0.05) is 0 Å². The van der Waals surface area contributed by atoms with Crippen LogP contribution in [0.15, 0.2) is 35.9 Å². The smallest absolute Gasteiger partial charge is 0.346 e. The third kappa shape index (κ3) is 3.43. The molecule has 0 bridgehead atoms. The molecule has 2 aromatic rings. The van der Waals surface area contributed by atoms with Gasteiger partial charge in [0.15, 0.2) is 0 Å². The molecule has 0 aliphatic heterocycles. The van der Waals surface area contributed by atoms with E-state index in [1.807, 2.05) is 55.7 Å². The third-order valence-electron chi connectivity index (χ3n) is 3.53. The van der Waals surface area contributed by atoms with Crippen LogP contribution in [0.2, 0.25) is 0 Å². The van der Waals surface area contributed by atoms with Crippen molar-refractivity contribution in [2.45, 2.75) is 20.8 Å². The van der Waals surface area contributed by atoms with Crippen molar-refractivity contribution in [2.75, 3.05) is 6.61 Å². The van der Waals surface area contributed by atoms with E-state index < -0.39 is 5.97 Å². The lowest BCUT2D eigenvalue weighted by molar-refractivity contribution is -0.132. The van der Waals surface area contributed by atoms with Gasteiger partial charge in [-0.15, -0.1) is 0 Å². The van der Waals surface area contributed by atoms with Gasteiger partial charge in [0.1, 0.15) is 17.4 Å². The minimum Gasteiger partial charge on any atom is -0.494 e. The van der Waals surface area contributed by atoms with Gasteiger partial charge < -0.3 is 14.4 Å². The van der Waals surface area contributed by atoms with Crippen molar-refractivity contribution in [2.24, 2.45) is 0 Å². The van der Waals surface area contributed by atoms with E-state index >= 15 is 0 Å². The highest BCUT2D eigenvalue weighted by Crippen LogP contribution is 2.24. The van der Waals surface area contributed by atoms with Crippen molar-refractivity contribution in [3.63, 3.8) is 0 Å². The largest absolute Gasteiger partial charge is 0.494 e. The number of aromatic nitrogens is 1. The summed E-state index contributed by atoms with van der Waals surface area (Å²) in [6.45, 7) is 6.38. The van der Waals surface area contributed by atoms with Gasteiger partial charge in [-0.3, -0.25) is 0 Å². The maximum Gasteiger partial charge on any atom is 0.346 e. The molecule has 0 atom stereocenters. The molecule has 5 nitrogen and oxygen atoms in total. The minimum atomic E-state index is -1.22. The van der Waals surface area contributed by atoms with Crippen molar-refractivity contribution >= 4 is 12.0 Å². The second-order valence-corrected chi connectivity index (χ2v) is 5.06. The van der Waals surface area contributed by atoms with Gasteiger partial charge in [-0.05, 0) is 62.7 Å². The van der Waals surface area contributed by atoms with Crippen LogP contribution < -0.4 is 4.74 Å². The molecule has 0 saturated carbocycles. The van der Waals surface area contributed by atoms with E-state index in [1.165, 1.54) is 6.08 Å². The zero-order valence-electron chi connectivity index (χ0n) is 13.3. The van der Waals surface area contributed by atoms with Gasteiger partial charge in [0.25, 0.3) is 0 Å². The summed E-state index contributed by atoms with van der Waals surface area (Å²) >= 11 is 0. The van der Waals surface area contributed by atoms with Crippen LogP contribution in [-0.2, 0) is 4.79 Å². The van der Waals surface area contributed by atoms with Crippen LogP contribution in [0.1, 0.15) is 23.9 Å². The first-order chi connectivity index (χ1) is 11.0. The summed E-state index contributed by atoms with van der Waals surface area (Å²) in [4.78, 5) is 11.0. The Morgan fingerprint density at radius 1 is 1.35 bits per heavy atom. The molecule has 1 heterocycles. The fourth-order valence-electron chi connectivity index (χ4n) is 2.49. The lowest BCUT2D eigenvalue weighted by Gasteiger charge is -2.11. The summed E-state index contributed by atoms with van der Waals surface area (Å²) in [7, 11) is 0. The quantitative estimate of drug-likeness (QED) is 0.677. The molecular formula is C18H18N2O3. The van der Waals surface area contributed by atoms with Gasteiger partial charge in [-0.2, -0.15) is 5.26 Å². The Bertz CT molecular complexity index is 793. The lowest BCUT2D eigenvalue weighted by Crippen LogP contribution is -2.00. The van der Waals surface area contributed by atoms with Crippen LogP contribution in [0.3, 0.4) is 0 Å². The SMILES string of the molecule is CCOc1ccc(-n2c(C)cc(/C=C(/C#N)C(=O)O)c2C)cc1. The van der Waals surface area contributed by atoms with E-state index in [0.717, 1.165) is 28.4 Å². The van der Waals surface area contributed by atoms with Crippen LogP contribution in [0.5, 0.6) is 5.75 Å². The Labute approximate surface area is 135 Å². The van der Waals surface area contributed by atoms with Crippen LogP contribution in [0.25, 0.3) is 11.8 Å². The summed E-state index contributed by atoms with van der Waals surface area (Å²) < 4.78 is 7.45. The highest BCUT2D eigenvalue weighted by atomic mass is 16.5. The van der Waals surface area contributed by atoms with Gasteiger partial charge in [0.05, 0.1) is 6.61 Å². The Balaban J connectivity index is 2.46. The molecule has 0 aliphatic rings. The first kappa shape index (κ1) is 16.4. The summed E-state index contributed by atoms with van der Waals surface area (Å²) in [6.07, 6.45) is 1.40. The van der Waals surface area contributed by atoms with Crippen molar-refractivity contribution in [1.82, 2.24) is 4.57 Å². The van der Waals surface area contributed by atoms with Gasteiger partial charge >= 0.3 is 5.97 Å². The summed E-state index contributed by atoms with van der Waals surface area (Å²) in [6, 6.07) is 11.2. The van der Waals surface area contributed by atoms with E-state index in [0.29, 0.717) is 6.61 Å². The molecule has 1 aromatic heterocycles. The van der Waals surface area contributed by atoms with E-state index in [4.69, 9.17) is 15.1 Å². The Morgan fingerprint density at radius 2 is 2.00 bits per heavy atom. The Kier molecular flexibility index (Phi) is 4.87. The van der Waals surface area contributed by atoms with E-state index in [-0.39, 0.29) is 5.57 Å². The number of ether oxygens (including phenoxy) is 1. The van der Waals surface area contributed by atoms with Gasteiger partial charge in [-0.25, -0.2) is 4.79 Å². The van der Waals surface area contributed by atoms with Crippen molar-refractivity contribution in [3.8, 4) is 17.5 Å². The standard InChI is InChI=1S/C18H18N2O3/c1-4-23-17-7-5-16(6-8-17)20-12(2)9-14(13(20)3)10-15(11-19)18(21)22/h5-10H,4H2,1-3H3,(H,21,22)/b15-10-. The highest BCUT2D eigenvalue weighted by molar-refractivity contribution is 5.96. The van der Waals surface area contributed by atoms with E-state index in [2.05, 4.69) is 0 Å². The average Bonchev–Trinajstić information content (AvgIpc) is 2.80. The number of carboxylic acids is 1. The van der Waals surface area contributed by atoms with Crippen LogP contribution in [0.4, 0.5) is 0 Å². The van der Waals surface area contributed by atoms with Crippen molar-refractivity contribution in [1.29, 1.82) is 5.26 Å². The summed E-state index contributed by atoms with van der Waals surface area (Å²) in [5.74, 6) is -0.421. The number of benzene rings is 1. The summed E-state index contributed by atoms with van der Waals surface area (Å²) in [5, 5.41) is 17.9. The van der Waals surface area contributed by atoms with E-state index in [1.54, 1.807) is 6.07 Å². The predicted molar refractivity (Wildman–Crippen MR) is 87.6 cm³/mol. The van der Waals surface area contributed by atoms with Crippen LogP contribution >= 0.6 is 0 Å². The first-order valence-corrected chi connectivity index (χ1v) is 7.25. The Hall–Kier alpha value is -3.00. The monoisotopic (exact) mass is 310 g/mol. The fourth-order valence-corrected chi connectivity index (χ4v) is 2.49. The van der Waals surface area contributed by atoms with Gasteiger partial charge in [0.2, 0.25) is 0 Å². The number of rotatable bonds is 5. The molecule has 0 unspecified atom stereocenters. The molecule has 23 heavy (non-hydrogen) atoms. The van der Waals surface area contributed by atoms with Gasteiger partial charge in [0, 0.05) is 17.1 Å². The predicted octanol–water partition coefficient (Wildman–Crippen LogP) is 3.48. The zero-order chi connectivity index (χ0) is 17.0. The van der Waals surface area contributed by atoms with Crippen LogP contribution in [-0.4, -0.2) is 22.2 Å². The summed E-state index contributed by atoms with van der Waals surface area (Å²) in [5.41, 5.74) is 3.23. The number of aryl methyl sites for hydroxylation is 1. The normalized spacial score (nSPS) is 11.1. The molecule has 0 aliphatic carbocycles.